The van der Waals surface area contributed by atoms with Gasteiger partial charge in [-0.3, -0.25) is 0 Å². The van der Waals surface area contributed by atoms with E-state index in [9.17, 15) is 17.6 Å². The molecule has 0 aromatic carbocycles. The molecule has 1 aromatic rings. The summed E-state index contributed by atoms with van der Waals surface area (Å²) >= 11 is 1.17. The quantitative estimate of drug-likeness (QED) is 0.730. The largest absolute Gasteiger partial charge is 0.327 e. The van der Waals surface area contributed by atoms with Crippen molar-refractivity contribution in [3.05, 3.63) is 21.9 Å². The van der Waals surface area contributed by atoms with E-state index in [2.05, 4.69) is 5.32 Å². The van der Waals surface area contributed by atoms with Gasteiger partial charge in [0.1, 0.15) is 6.04 Å². The topological polar surface area (TPSA) is 12.0 Å². The van der Waals surface area contributed by atoms with Gasteiger partial charge in [0.05, 0.1) is 0 Å². The molecule has 1 atom stereocenters. The Morgan fingerprint density at radius 3 is 2.20 bits per heavy atom. The zero-order valence-corrected chi connectivity index (χ0v) is 13.0. The van der Waals surface area contributed by atoms with Gasteiger partial charge in [-0.15, -0.1) is 11.3 Å². The highest BCUT2D eigenvalue weighted by atomic mass is 32.1. The molecule has 1 aromatic heterocycles. The molecule has 6 heteroatoms. The van der Waals surface area contributed by atoms with Crippen LogP contribution in [0.4, 0.5) is 17.6 Å². The van der Waals surface area contributed by atoms with Crippen LogP contribution in [-0.4, -0.2) is 18.9 Å². The molecule has 0 radical (unpaired) electrons. The van der Waals surface area contributed by atoms with Crippen molar-refractivity contribution in [2.24, 2.45) is 0 Å². The second-order valence-corrected chi connectivity index (χ2v) is 6.93. The molecule has 1 N–H and O–H groups in total. The minimum absolute atomic E-state index is 0.182. The van der Waals surface area contributed by atoms with E-state index in [0.29, 0.717) is 6.42 Å². The van der Waals surface area contributed by atoms with E-state index in [4.69, 9.17) is 0 Å². The maximum Gasteiger partial charge on any atom is 0.327 e. The number of halogens is 4. The van der Waals surface area contributed by atoms with Crippen molar-refractivity contribution in [3.8, 4) is 0 Å². The fourth-order valence-electron chi connectivity index (χ4n) is 1.75. The zero-order valence-electron chi connectivity index (χ0n) is 12.1. The van der Waals surface area contributed by atoms with Gasteiger partial charge in [-0.2, -0.15) is 8.78 Å². The smallest absolute Gasteiger partial charge is 0.304 e. The minimum Gasteiger partial charge on any atom is -0.304 e. The Labute approximate surface area is 121 Å². The Morgan fingerprint density at radius 2 is 1.80 bits per heavy atom. The molecular formula is C14H21F4NS. The first kappa shape index (κ1) is 17.4. The molecule has 1 heterocycles. The summed E-state index contributed by atoms with van der Waals surface area (Å²) in [5.74, 6) is -4.07. The van der Waals surface area contributed by atoms with Gasteiger partial charge in [0, 0.05) is 9.75 Å². The Bertz CT molecular complexity index is 423. The number of alkyl halides is 4. The molecule has 0 saturated carbocycles. The Balaban J connectivity index is 3.08. The molecule has 0 aliphatic heterocycles. The monoisotopic (exact) mass is 311 g/mol. The highest BCUT2D eigenvalue weighted by molar-refractivity contribution is 7.12. The number of thiophene rings is 1. The minimum atomic E-state index is -4.07. The van der Waals surface area contributed by atoms with Crippen molar-refractivity contribution in [3.63, 3.8) is 0 Å². The third kappa shape index (κ3) is 3.95. The van der Waals surface area contributed by atoms with Gasteiger partial charge in [0.15, 0.2) is 0 Å². The van der Waals surface area contributed by atoms with Crippen LogP contribution in [0, 0.1) is 0 Å². The molecule has 116 valence electrons. The summed E-state index contributed by atoms with van der Waals surface area (Å²) in [6, 6.07) is 1.63. The number of hydrogen-bond acceptors (Lipinski definition) is 2. The Kier molecular flexibility index (Phi) is 5.61. The van der Waals surface area contributed by atoms with Crippen molar-refractivity contribution in [1.29, 1.82) is 0 Å². The summed E-state index contributed by atoms with van der Waals surface area (Å²) in [6.45, 7) is 7.96. The zero-order chi connectivity index (χ0) is 15.6. The first-order valence-corrected chi connectivity index (χ1v) is 7.42. The molecule has 0 saturated heterocycles. The van der Waals surface area contributed by atoms with Crippen LogP contribution < -0.4 is 5.32 Å². The van der Waals surface area contributed by atoms with Crippen LogP contribution >= 0.6 is 11.3 Å². The molecule has 0 spiro atoms. The van der Waals surface area contributed by atoms with Crippen molar-refractivity contribution in [2.75, 3.05) is 6.54 Å². The second kappa shape index (κ2) is 6.43. The second-order valence-electron chi connectivity index (χ2n) is 5.81. The summed E-state index contributed by atoms with van der Waals surface area (Å²) in [7, 11) is 0. The molecule has 0 aliphatic rings. The van der Waals surface area contributed by atoms with Gasteiger partial charge in [-0.1, -0.05) is 27.7 Å². The summed E-state index contributed by atoms with van der Waals surface area (Å²) < 4.78 is 52.7. The van der Waals surface area contributed by atoms with Gasteiger partial charge in [0.2, 0.25) is 0 Å². The van der Waals surface area contributed by atoms with Gasteiger partial charge >= 0.3 is 12.3 Å². The number of nitrogens with one attached hydrogen (secondary N) is 1. The van der Waals surface area contributed by atoms with Gasteiger partial charge in [-0.25, -0.2) is 8.78 Å². The standard InChI is InChI=1S/C14H21F4NS/c1-5-8-19-11(14(17,18)12(15)16)9-6-7-10(20-9)13(2,3)4/h6-7,11-12,19H,5,8H2,1-4H3. The van der Waals surface area contributed by atoms with E-state index in [1.807, 2.05) is 20.8 Å². The highest BCUT2D eigenvalue weighted by Gasteiger charge is 2.49. The molecule has 20 heavy (non-hydrogen) atoms. The first-order valence-electron chi connectivity index (χ1n) is 6.60. The van der Waals surface area contributed by atoms with Crippen molar-refractivity contribution in [1.82, 2.24) is 5.32 Å². The van der Waals surface area contributed by atoms with E-state index >= 15 is 0 Å². The predicted molar refractivity (Wildman–Crippen MR) is 75.0 cm³/mol. The van der Waals surface area contributed by atoms with E-state index in [-0.39, 0.29) is 16.8 Å². The summed E-state index contributed by atoms with van der Waals surface area (Å²) in [5, 5.41) is 2.55. The lowest BCUT2D eigenvalue weighted by molar-refractivity contribution is -0.150. The molecule has 0 fully saturated rings. The van der Waals surface area contributed by atoms with Crippen molar-refractivity contribution >= 4 is 11.3 Å². The lowest BCUT2D eigenvalue weighted by atomic mass is 9.95. The predicted octanol–water partition coefficient (Wildman–Crippen LogP) is 4.99. The van der Waals surface area contributed by atoms with Crippen LogP contribution in [0.5, 0.6) is 0 Å². The van der Waals surface area contributed by atoms with Gasteiger partial charge in [0.25, 0.3) is 0 Å². The molecule has 0 aliphatic carbocycles. The van der Waals surface area contributed by atoms with E-state index in [1.165, 1.54) is 17.4 Å². The summed E-state index contributed by atoms with van der Waals surface area (Å²) in [4.78, 5) is 1.16. The molecule has 1 nitrogen and oxygen atoms in total. The SMILES string of the molecule is CCCNC(c1ccc(C(C)(C)C)s1)C(F)(F)C(F)F. The van der Waals surface area contributed by atoms with Gasteiger partial charge in [-0.05, 0) is 30.5 Å². The first-order chi connectivity index (χ1) is 9.10. The van der Waals surface area contributed by atoms with E-state index < -0.39 is 18.4 Å². The maximum absolute atomic E-state index is 13.7. The molecule has 0 amide bonds. The van der Waals surface area contributed by atoms with Crippen molar-refractivity contribution in [2.45, 2.75) is 57.9 Å². The molecule has 1 unspecified atom stereocenters. The van der Waals surface area contributed by atoms with Crippen molar-refractivity contribution < 1.29 is 17.6 Å². The lowest BCUT2D eigenvalue weighted by Gasteiger charge is -2.26. The average Bonchev–Trinajstić information content (AvgIpc) is 2.78. The molecule has 1 rings (SSSR count). The fraction of sp³-hybridized carbons (Fsp3) is 0.714. The van der Waals surface area contributed by atoms with Crippen LogP contribution in [0.15, 0.2) is 12.1 Å². The van der Waals surface area contributed by atoms with Crippen LogP contribution in [0.25, 0.3) is 0 Å². The maximum atomic E-state index is 13.7. The van der Waals surface area contributed by atoms with Crippen LogP contribution in [0.1, 0.15) is 49.9 Å². The van der Waals surface area contributed by atoms with E-state index in [0.717, 1.165) is 4.88 Å². The third-order valence-corrected chi connectivity index (χ3v) is 4.50. The summed E-state index contributed by atoms with van der Waals surface area (Å²) in [5.41, 5.74) is -0.182. The lowest BCUT2D eigenvalue weighted by Crippen LogP contribution is -2.42. The van der Waals surface area contributed by atoms with Crippen LogP contribution in [0.2, 0.25) is 0 Å². The average molecular weight is 311 g/mol. The Hall–Kier alpha value is -0.620. The number of rotatable bonds is 6. The summed E-state index contributed by atoms with van der Waals surface area (Å²) in [6.07, 6.45) is -3.08. The van der Waals surface area contributed by atoms with Crippen LogP contribution in [-0.2, 0) is 5.41 Å². The highest BCUT2D eigenvalue weighted by Crippen LogP contribution is 2.41. The molecular weight excluding hydrogens is 290 g/mol. The number of hydrogen-bond donors (Lipinski definition) is 1. The third-order valence-electron chi connectivity index (χ3n) is 2.92. The van der Waals surface area contributed by atoms with Gasteiger partial charge < -0.3 is 5.32 Å². The van der Waals surface area contributed by atoms with E-state index in [1.54, 1.807) is 13.0 Å². The normalized spacial score (nSPS) is 14.8. The Morgan fingerprint density at radius 1 is 1.20 bits per heavy atom. The van der Waals surface area contributed by atoms with Crippen LogP contribution in [0.3, 0.4) is 0 Å². The fourth-order valence-corrected chi connectivity index (χ4v) is 2.94. The molecule has 0 bridgehead atoms.